The van der Waals surface area contributed by atoms with E-state index < -0.39 is 22.3 Å². The van der Waals surface area contributed by atoms with Crippen LogP contribution < -0.4 is 0 Å². The second-order valence-corrected chi connectivity index (χ2v) is 5.76. The second-order valence-electron chi connectivity index (χ2n) is 5.76. The van der Waals surface area contributed by atoms with Gasteiger partial charge in [0.25, 0.3) is 11.6 Å². The van der Waals surface area contributed by atoms with Gasteiger partial charge in [-0.25, -0.2) is 4.39 Å². The smallest absolute Gasteiger partial charge is 0.272 e. The largest absolute Gasteiger partial charge is 0.332 e. The van der Waals surface area contributed by atoms with Gasteiger partial charge in [0.2, 0.25) is 0 Å². The third-order valence-electron chi connectivity index (χ3n) is 3.71. The maximum atomic E-state index is 14.1. The minimum atomic E-state index is -0.926. The number of hydrogen-bond donors (Lipinski definition) is 0. The van der Waals surface area contributed by atoms with Crippen LogP contribution in [-0.2, 0) is 6.54 Å². The van der Waals surface area contributed by atoms with Crippen molar-refractivity contribution in [1.29, 1.82) is 5.26 Å². The Morgan fingerprint density at radius 1 is 1.28 bits per heavy atom. The normalized spacial score (nSPS) is 10.4. The molecule has 0 aliphatic carbocycles. The number of nitriles is 1. The van der Waals surface area contributed by atoms with Crippen LogP contribution in [0, 0.1) is 27.3 Å². The molecule has 2 aromatic carbocycles. The third-order valence-corrected chi connectivity index (χ3v) is 3.71. The maximum absolute atomic E-state index is 14.1. The molecule has 2 rings (SSSR count). The van der Waals surface area contributed by atoms with Crippen LogP contribution in [0.3, 0.4) is 0 Å². The zero-order chi connectivity index (χ0) is 18.6. The van der Waals surface area contributed by atoms with Crippen molar-refractivity contribution in [3.63, 3.8) is 0 Å². The highest BCUT2D eigenvalue weighted by Crippen LogP contribution is 2.20. The fourth-order valence-electron chi connectivity index (χ4n) is 2.32. The quantitative estimate of drug-likeness (QED) is 0.613. The Bertz CT molecular complexity index is 842. The lowest BCUT2D eigenvalue weighted by molar-refractivity contribution is -0.385. The Labute approximate surface area is 144 Å². The van der Waals surface area contributed by atoms with Crippen LogP contribution in [0.4, 0.5) is 10.1 Å². The molecule has 6 nitrogen and oxygen atoms in total. The summed E-state index contributed by atoms with van der Waals surface area (Å²) in [6, 6.07) is 11.5. The molecule has 0 spiro atoms. The molecular weight excluding hydrogens is 325 g/mol. The summed E-state index contributed by atoms with van der Waals surface area (Å²) in [5.74, 6) is -1.48. The van der Waals surface area contributed by atoms with Gasteiger partial charge in [-0.2, -0.15) is 5.26 Å². The van der Waals surface area contributed by atoms with Gasteiger partial charge < -0.3 is 4.90 Å². The number of non-ortho nitro benzene ring substituents is 1. The van der Waals surface area contributed by atoms with Gasteiger partial charge in [-0.1, -0.05) is 12.1 Å². The number of nitrogens with zero attached hydrogens (tertiary/aromatic N) is 3. The third kappa shape index (κ3) is 4.18. The standard InChI is InChI=1S/C18H16FN3O3/c1-12(2)21(11-14-5-3-13(10-20)4-6-14)18(23)16-8-7-15(22(24)25)9-17(16)19/h3-9,12H,11H2,1-2H3. The molecule has 0 bridgehead atoms. The van der Waals surface area contributed by atoms with Crippen molar-refractivity contribution in [1.82, 2.24) is 4.90 Å². The molecule has 7 heteroatoms. The molecule has 0 saturated heterocycles. The van der Waals surface area contributed by atoms with Crippen LogP contribution in [0.5, 0.6) is 0 Å². The Balaban J connectivity index is 2.28. The van der Waals surface area contributed by atoms with Gasteiger partial charge in [-0.15, -0.1) is 0 Å². The molecule has 0 fully saturated rings. The first-order chi connectivity index (χ1) is 11.8. The summed E-state index contributed by atoms with van der Waals surface area (Å²) in [5.41, 5.74) is 0.682. The van der Waals surface area contributed by atoms with E-state index in [2.05, 4.69) is 0 Å². The summed E-state index contributed by atoms with van der Waals surface area (Å²) < 4.78 is 14.1. The van der Waals surface area contributed by atoms with Crippen LogP contribution in [0.15, 0.2) is 42.5 Å². The van der Waals surface area contributed by atoms with Crippen LogP contribution in [0.2, 0.25) is 0 Å². The lowest BCUT2D eigenvalue weighted by Crippen LogP contribution is -2.36. The van der Waals surface area contributed by atoms with Crippen molar-refractivity contribution in [2.24, 2.45) is 0 Å². The molecule has 0 heterocycles. The Kier molecular flexibility index (Phi) is 5.45. The highest BCUT2D eigenvalue weighted by molar-refractivity contribution is 5.95. The molecule has 0 aliphatic heterocycles. The number of benzene rings is 2. The Morgan fingerprint density at radius 3 is 2.40 bits per heavy atom. The summed E-state index contributed by atoms with van der Waals surface area (Å²) in [4.78, 5) is 24.1. The minimum absolute atomic E-state index is 0.210. The first-order valence-corrected chi connectivity index (χ1v) is 7.57. The minimum Gasteiger partial charge on any atom is -0.332 e. The molecule has 0 radical (unpaired) electrons. The Hall–Kier alpha value is -3.27. The van der Waals surface area contributed by atoms with E-state index in [0.29, 0.717) is 5.56 Å². The molecule has 128 valence electrons. The van der Waals surface area contributed by atoms with Crippen LogP contribution >= 0.6 is 0 Å². The SMILES string of the molecule is CC(C)N(Cc1ccc(C#N)cc1)C(=O)c1ccc([N+](=O)[O-])cc1F. The molecule has 1 amide bonds. The summed E-state index contributed by atoms with van der Waals surface area (Å²) in [5, 5.41) is 19.5. The summed E-state index contributed by atoms with van der Waals surface area (Å²) in [7, 11) is 0. The monoisotopic (exact) mass is 341 g/mol. The molecule has 0 atom stereocenters. The number of rotatable bonds is 5. The number of carbonyl (C=O) groups excluding carboxylic acids is 1. The number of nitro benzene ring substituents is 1. The molecular formula is C18H16FN3O3. The van der Waals surface area contributed by atoms with Crippen molar-refractivity contribution in [2.75, 3.05) is 0 Å². The van der Waals surface area contributed by atoms with Crippen molar-refractivity contribution in [3.05, 3.63) is 75.1 Å². The number of nitro groups is 1. The van der Waals surface area contributed by atoms with Gasteiger partial charge in [0.15, 0.2) is 0 Å². The molecule has 0 aromatic heterocycles. The number of amides is 1. The molecule has 0 unspecified atom stereocenters. The average Bonchev–Trinajstić information content (AvgIpc) is 2.59. The van der Waals surface area contributed by atoms with Gasteiger partial charge in [0, 0.05) is 18.7 Å². The number of halogens is 1. The zero-order valence-corrected chi connectivity index (χ0v) is 13.8. The topological polar surface area (TPSA) is 87.2 Å². The van der Waals surface area contributed by atoms with Crippen LogP contribution in [0.1, 0.15) is 35.3 Å². The van der Waals surface area contributed by atoms with E-state index in [9.17, 15) is 19.3 Å². The highest BCUT2D eigenvalue weighted by atomic mass is 19.1. The van der Waals surface area contributed by atoms with Gasteiger partial charge in [-0.05, 0) is 37.6 Å². The fourth-order valence-corrected chi connectivity index (χ4v) is 2.32. The highest BCUT2D eigenvalue weighted by Gasteiger charge is 2.23. The van der Waals surface area contributed by atoms with Crippen molar-refractivity contribution in [3.8, 4) is 6.07 Å². The van der Waals surface area contributed by atoms with Crippen molar-refractivity contribution < 1.29 is 14.1 Å². The van der Waals surface area contributed by atoms with Gasteiger partial charge in [0.1, 0.15) is 5.82 Å². The second kappa shape index (κ2) is 7.53. The van der Waals surface area contributed by atoms with E-state index >= 15 is 0 Å². The zero-order valence-electron chi connectivity index (χ0n) is 13.8. The molecule has 0 saturated carbocycles. The van der Waals surface area contributed by atoms with E-state index in [0.717, 1.165) is 23.8 Å². The van der Waals surface area contributed by atoms with Crippen LogP contribution in [-0.4, -0.2) is 21.8 Å². The van der Waals surface area contributed by atoms with Gasteiger partial charge >= 0.3 is 0 Å². The average molecular weight is 341 g/mol. The summed E-state index contributed by atoms with van der Waals surface area (Å²) >= 11 is 0. The first-order valence-electron chi connectivity index (χ1n) is 7.57. The summed E-state index contributed by atoms with van der Waals surface area (Å²) in [6.45, 7) is 3.83. The molecule has 25 heavy (non-hydrogen) atoms. The first kappa shape index (κ1) is 18.1. The van der Waals surface area contributed by atoms with Crippen molar-refractivity contribution >= 4 is 11.6 Å². The van der Waals surface area contributed by atoms with Gasteiger partial charge in [-0.3, -0.25) is 14.9 Å². The van der Waals surface area contributed by atoms with E-state index in [1.54, 1.807) is 38.1 Å². The summed E-state index contributed by atoms with van der Waals surface area (Å²) in [6.07, 6.45) is 0. The van der Waals surface area contributed by atoms with E-state index in [4.69, 9.17) is 5.26 Å². The molecule has 0 aliphatic rings. The Morgan fingerprint density at radius 2 is 1.92 bits per heavy atom. The molecule has 0 N–H and O–H groups in total. The lowest BCUT2D eigenvalue weighted by atomic mass is 10.1. The van der Waals surface area contributed by atoms with E-state index in [1.165, 1.54) is 4.90 Å². The predicted molar refractivity (Wildman–Crippen MR) is 89.2 cm³/mol. The number of hydrogen-bond acceptors (Lipinski definition) is 4. The molecule has 2 aromatic rings. The van der Waals surface area contributed by atoms with E-state index in [-0.39, 0.29) is 18.2 Å². The maximum Gasteiger partial charge on any atom is 0.272 e. The predicted octanol–water partition coefficient (Wildman–Crippen LogP) is 3.66. The fraction of sp³-hybridized carbons (Fsp3) is 0.222. The lowest BCUT2D eigenvalue weighted by Gasteiger charge is -2.27. The van der Waals surface area contributed by atoms with Crippen LogP contribution in [0.25, 0.3) is 0 Å². The van der Waals surface area contributed by atoms with E-state index in [1.807, 2.05) is 6.07 Å². The van der Waals surface area contributed by atoms with Crippen molar-refractivity contribution in [2.45, 2.75) is 26.4 Å². The number of carbonyl (C=O) groups is 1. The van der Waals surface area contributed by atoms with Gasteiger partial charge in [0.05, 0.1) is 28.2 Å².